The molecular weight excluding hydrogens is 414 g/mol. The molecule has 0 saturated carbocycles. The summed E-state index contributed by atoms with van der Waals surface area (Å²) in [6, 6.07) is 11.1. The molecule has 4 aromatic rings. The van der Waals surface area contributed by atoms with Crippen molar-refractivity contribution in [2.45, 2.75) is 6.55 Å². The minimum Gasteiger partial charge on any atom is -0.323 e. The number of fused-ring (bicyclic) bond motifs is 1. The van der Waals surface area contributed by atoms with Crippen molar-refractivity contribution in [3.8, 4) is 17.2 Å². The van der Waals surface area contributed by atoms with E-state index in [9.17, 15) is 18.8 Å². The van der Waals surface area contributed by atoms with Crippen LogP contribution < -0.4 is 5.32 Å². The van der Waals surface area contributed by atoms with Crippen molar-refractivity contribution < 1.29 is 13.6 Å². The third-order valence-electron chi connectivity index (χ3n) is 4.72. The molecule has 32 heavy (non-hydrogen) atoms. The maximum Gasteiger partial charge on any atom is 0.333 e. The van der Waals surface area contributed by atoms with E-state index < -0.39 is 6.55 Å². The van der Waals surface area contributed by atoms with E-state index in [1.54, 1.807) is 28.9 Å². The average molecular weight is 430 g/mol. The van der Waals surface area contributed by atoms with Crippen molar-refractivity contribution in [1.82, 2.24) is 19.4 Å². The SMILES string of the molecule is C=CC(=O)Nc1ccc(/C=C/c2cc(-c3cnn(C(F)F)c3)cn3ncc(C#N)c23)cc1. The second-order valence-corrected chi connectivity index (χ2v) is 6.78. The first-order valence-corrected chi connectivity index (χ1v) is 9.44. The number of aromatic nitrogens is 4. The summed E-state index contributed by atoms with van der Waals surface area (Å²) in [7, 11) is 0. The molecule has 7 nitrogen and oxygen atoms in total. The minimum absolute atomic E-state index is 0.299. The highest BCUT2D eigenvalue weighted by Gasteiger charge is 2.13. The molecule has 0 radical (unpaired) electrons. The molecular formula is C23H16F2N6O. The van der Waals surface area contributed by atoms with Gasteiger partial charge in [0.05, 0.1) is 23.5 Å². The van der Waals surface area contributed by atoms with E-state index in [1.165, 1.54) is 24.7 Å². The number of anilines is 1. The minimum atomic E-state index is -2.74. The monoisotopic (exact) mass is 430 g/mol. The molecule has 158 valence electrons. The number of carbonyl (C=O) groups is 1. The number of halogens is 2. The lowest BCUT2D eigenvalue weighted by molar-refractivity contribution is -0.111. The molecule has 1 N–H and O–H groups in total. The van der Waals surface area contributed by atoms with Crippen LogP contribution in [0.25, 0.3) is 28.8 Å². The Hall–Kier alpha value is -4.58. The Bertz CT molecular complexity index is 1380. The third-order valence-corrected chi connectivity index (χ3v) is 4.72. The quantitative estimate of drug-likeness (QED) is 0.447. The van der Waals surface area contributed by atoms with Crippen LogP contribution in [0.1, 0.15) is 23.2 Å². The first-order valence-electron chi connectivity index (χ1n) is 9.44. The molecule has 0 bridgehead atoms. The summed E-state index contributed by atoms with van der Waals surface area (Å²) in [5.74, 6) is -0.299. The zero-order chi connectivity index (χ0) is 22.7. The molecule has 0 spiro atoms. The van der Waals surface area contributed by atoms with Crippen molar-refractivity contribution in [2.75, 3.05) is 5.32 Å². The molecule has 3 heterocycles. The zero-order valence-electron chi connectivity index (χ0n) is 16.6. The van der Waals surface area contributed by atoms with E-state index in [0.29, 0.717) is 38.1 Å². The van der Waals surface area contributed by atoms with Crippen LogP contribution in [0.4, 0.5) is 14.5 Å². The van der Waals surface area contributed by atoms with Crippen molar-refractivity contribution in [2.24, 2.45) is 0 Å². The Morgan fingerprint density at radius 3 is 2.56 bits per heavy atom. The largest absolute Gasteiger partial charge is 0.333 e. The fourth-order valence-electron chi connectivity index (χ4n) is 3.17. The molecule has 0 aliphatic carbocycles. The highest BCUT2D eigenvalue weighted by atomic mass is 19.3. The zero-order valence-corrected chi connectivity index (χ0v) is 16.6. The molecule has 4 rings (SSSR count). The predicted molar refractivity (Wildman–Crippen MR) is 117 cm³/mol. The van der Waals surface area contributed by atoms with E-state index >= 15 is 0 Å². The van der Waals surface area contributed by atoms with E-state index in [-0.39, 0.29) is 5.91 Å². The van der Waals surface area contributed by atoms with Crippen LogP contribution in [0.3, 0.4) is 0 Å². The first kappa shape index (κ1) is 20.7. The van der Waals surface area contributed by atoms with Crippen LogP contribution in [-0.2, 0) is 4.79 Å². The lowest BCUT2D eigenvalue weighted by Crippen LogP contribution is -2.06. The van der Waals surface area contributed by atoms with Crippen LogP contribution in [0.15, 0.2) is 67.8 Å². The van der Waals surface area contributed by atoms with Gasteiger partial charge in [-0.2, -0.15) is 24.2 Å². The van der Waals surface area contributed by atoms with Crippen molar-refractivity contribution >= 4 is 29.3 Å². The van der Waals surface area contributed by atoms with Gasteiger partial charge in [0.1, 0.15) is 6.07 Å². The van der Waals surface area contributed by atoms with Gasteiger partial charge >= 0.3 is 6.55 Å². The Morgan fingerprint density at radius 2 is 1.91 bits per heavy atom. The van der Waals surface area contributed by atoms with Crippen molar-refractivity contribution in [1.29, 1.82) is 5.26 Å². The molecule has 1 aromatic carbocycles. The van der Waals surface area contributed by atoms with E-state index in [0.717, 1.165) is 5.56 Å². The number of benzene rings is 1. The van der Waals surface area contributed by atoms with Crippen LogP contribution in [0.5, 0.6) is 0 Å². The summed E-state index contributed by atoms with van der Waals surface area (Å²) < 4.78 is 27.9. The van der Waals surface area contributed by atoms with E-state index in [2.05, 4.69) is 28.2 Å². The van der Waals surface area contributed by atoms with Crippen molar-refractivity contribution in [3.05, 3.63) is 84.5 Å². The first-order chi connectivity index (χ1) is 15.5. The topological polar surface area (TPSA) is 88.0 Å². The van der Waals surface area contributed by atoms with Gasteiger partial charge in [-0.05, 0) is 29.8 Å². The van der Waals surface area contributed by atoms with Gasteiger partial charge in [0, 0.05) is 34.8 Å². The van der Waals surface area contributed by atoms with Gasteiger partial charge in [-0.1, -0.05) is 30.9 Å². The number of nitriles is 1. The molecule has 0 saturated heterocycles. The van der Waals surface area contributed by atoms with Gasteiger partial charge in [0.25, 0.3) is 0 Å². The van der Waals surface area contributed by atoms with Crippen LogP contribution >= 0.6 is 0 Å². The number of carbonyl (C=O) groups excluding carboxylic acids is 1. The Labute approximate surface area is 181 Å². The maximum absolute atomic E-state index is 12.9. The third kappa shape index (κ3) is 4.15. The average Bonchev–Trinajstić information content (AvgIpc) is 3.45. The number of alkyl halides is 2. The van der Waals surface area contributed by atoms with E-state index in [4.69, 9.17) is 0 Å². The number of nitrogens with zero attached hydrogens (tertiary/aromatic N) is 5. The number of pyridine rings is 1. The van der Waals surface area contributed by atoms with Gasteiger partial charge < -0.3 is 5.32 Å². The number of hydrogen-bond donors (Lipinski definition) is 1. The molecule has 0 unspecified atom stereocenters. The number of nitrogens with one attached hydrogen (secondary N) is 1. The fourth-order valence-corrected chi connectivity index (χ4v) is 3.17. The lowest BCUT2D eigenvalue weighted by Gasteiger charge is -2.05. The van der Waals surface area contributed by atoms with Crippen LogP contribution in [0.2, 0.25) is 0 Å². The van der Waals surface area contributed by atoms with Crippen molar-refractivity contribution in [3.63, 3.8) is 0 Å². The summed E-state index contributed by atoms with van der Waals surface area (Å²) >= 11 is 0. The summed E-state index contributed by atoms with van der Waals surface area (Å²) in [5.41, 5.74) is 4.29. The molecule has 1 amide bonds. The second kappa shape index (κ2) is 8.65. The van der Waals surface area contributed by atoms with Crippen LogP contribution in [0, 0.1) is 11.3 Å². The lowest BCUT2D eigenvalue weighted by atomic mass is 10.0. The molecule has 0 aliphatic heterocycles. The summed E-state index contributed by atoms with van der Waals surface area (Å²) in [4.78, 5) is 11.4. The number of amides is 1. The standard InChI is InChI=1S/C23H16F2N6O/c1-2-21(32)29-20-7-4-15(5-8-20)3-6-16-9-17(19-12-28-31(14-19)23(24)25)13-30-22(16)18(10-26)11-27-30/h2-9,11-14,23H,1H2,(H,29,32)/b6-3+. The van der Waals surface area contributed by atoms with Gasteiger partial charge in [0.2, 0.25) is 5.91 Å². The van der Waals surface area contributed by atoms with E-state index in [1.807, 2.05) is 24.3 Å². The van der Waals surface area contributed by atoms with Gasteiger partial charge in [-0.15, -0.1) is 0 Å². The normalized spacial score (nSPS) is 11.2. The predicted octanol–water partition coefficient (Wildman–Crippen LogP) is 4.76. The Morgan fingerprint density at radius 1 is 1.12 bits per heavy atom. The smallest absolute Gasteiger partial charge is 0.323 e. The summed E-state index contributed by atoms with van der Waals surface area (Å²) in [6.07, 6.45) is 10.6. The van der Waals surface area contributed by atoms with Gasteiger partial charge in [-0.3, -0.25) is 4.79 Å². The number of hydrogen-bond acceptors (Lipinski definition) is 4. The molecule has 0 atom stereocenters. The maximum atomic E-state index is 12.9. The Kier molecular flexibility index (Phi) is 5.59. The van der Waals surface area contributed by atoms with Crippen LogP contribution in [-0.4, -0.2) is 25.3 Å². The highest BCUT2D eigenvalue weighted by molar-refractivity contribution is 5.98. The summed E-state index contributed by atoms with van der Waals surface area (Å²) in [6.45, 7) is 0.680. The molecule has 3 aromatic heterocycles. The fraction of sp³-hybridized carbons (Fsp3) is 0.0435. The molecule has 0 fully saturated rings. The molecule has 0 aliphatic rings. The van der Waals surface area contributed by atoms with Gasteiger partial charge in [-0.25, -0.2) is 9.20 Å². The number of rotatable bonds is 6. The Balaban J connectivity index is 1.71. The summed E-state index contributed by atoms with van der Waals surface area (Å²) in [5, 5.41) is 20.0. The van der Waals surface area contributed by atoms with Gasteiger partial charge in [0.15, 0.2) is 0 Å². The molecule has 9 heteroatoms. The second-order valence-electron chi connectivity index (χ2n) is 6.78. The highest BCUT2D eigenvalue weighted by Crippen LogP contribution is 2.27.